The van der Waals surface area contributed by atoms with E-state index in [2.05, 4.69) is 17.3 Å². The summed E-state index contributed by atoms with van der Waals surface area (Å²) >= 11 is 0. The lowest BCUT2D eigenvalue weighted by Gasteiger charge is -2.11. The average molecular weight is 246 g/mol. The Hall–Kier alpha value is -1.62. The third-order valence-electron chi connectivity index (χ3n) is 3.31. The van der Waals surface area contributed by atoms with Gasteiger partial charge in [-0.15, -0.1) is 5.10 Å². The molecule has 18 heavy (non-hydrogen) atoms. The minimum Gasteiger partial charge on any atom is -0.314 e. The maximum absolute atomic E-state index is 12.1. The van der Waals surface area contributed by atoms with Crippen molar-refractivity contribution < 1.29 is 0 Å². The van der Waals surface area contributed by atoms with Crippen LogP contribution in [-0.2, 0) is 6.54 Å². The summed E-state index contributed by atoms with van der Waals surface area (Å²) in [5.41, 5.74) is 0.661. The van der Waals surface area contributed by atoms with Gasteiger partial charge in [0, 0.05) is 12.2 Å². The van der Waals surface area contributed by atoms with Crippen LogP contribution in [0.15, 0.2) is 29.2 Å². The molecule has 0 spiro atoms. The Kier molecular flexibility index (Phi) is 2.91. The molecule has 96 valence electrons. The number of aromatic nitrogens is 3. The molecule has 2 aromatic heterocycles. The molecule has 0 aliphatic heterocycles. The molecule has 1 fully saturated rings. The maximum Gasteiger partial charge on any atom is 0.350 e. The van der Waals surface area contributed by atoms with Crippen molar-refractivity contribution in [1.82, 2.24) is 19.5 Å². The van der Waals surface area contributed by atoms with E-state index in [0.29, 0.717) is 24.2 Å². The van der Waals surface area contributed by atoms with Crippen molar-refractivity contribution in [2.24, 2.45) is 5.92 Å². The van der Waals surface area contributed by atoms with Crippen LogP contribution in [-0.4, -0.2) is 26.8 Å². The van der Waals surface area contributed by atoms with Gasteiger partial charge in [-0.25, -0.2) is 9.48 Å². The van der Waals surface area contributed by atoms with Crippen molar-refractivity contribution >= 4 is 5.65 Å². The fraction of sp³-hybridized carbons (Fsp3) is 0.538. The van der Waals surface area contributed by atoms with Gasteiger partial charge in [0.2, 0.25) is 0 Å². The molecule has 2 aromatic rings. The molecule has 0 amide bonds. The van der Waals surface area contributed by atoms with Gasteiger partial charge in [-0.2, -0.15) is 0 Å². The predicted molar refractivity (Wildman–Crippen MR) is 69.6 cm³/mol. The Morgan fingerprint density at radius 2 is 2.33 bits per heavy atom. The lowest BCUT2D eigenvalue weighted by atomic mass is 10.2. The first-order valence-electron chi connectivity index (χ1n) is 6.51. The van der Waals surface area contributed by atoms with Gasteiger partial charge in [-0.1, -0.05) is 13.0 Å². The van der Waals surface area contributed by atoms with Gasteiger partial charge < -0.3 is 5.32 Å². The van der Waals surface area contributed by atoms with Crippen molar-refractivity contribution in [2.45, 2.75) is 32.4 Å². The molecule has 1 atom stereocenters. The smallest absolute Gasteiger partial charge is 0.314 e. The van der Waals surface area contributed by atoms with Gasteiger partial charge in [0.1, 0.15) is 0 Å². The van der Waals surface area contributed by atoms with Gasteiger partial charge in [0.05, 0.1) is 6.54 Å². The van der Waals surface area contributed by atoms with E-state index in [1.807, 2.05) is 18.2 Å². The summed E-state index contributed by atoms with van der Waals surface area (Å²) in [7, 11) is 0. The third kappa shape index (κ3) is 2.31. The zero-order valence-electron chi connectivity index (χ0n) is 10.5. The molecular formula is C13H18N4O. The molecule has 0 aromatic carbocycles. The van der Waals surface area contributed by atoms with Crippen LogP contribution in [0.3, 0.4) is 0 Å². The van der Waals surface area contributed by atoms with Crippen LogP contribution in [0.1, 0.15) is 19.8 Å². The molecule has 1 saturated carbocycles. The zero-order chi connectivity index (χ0) is 12.5. The van der Waals surface area contributed by atoms with Crippen LogP contribution in [0.2, 0.25) is 0 Å². The summed E-state index contributed by atoms with van der Waals surface area (Å²) in [5.74, 6) is 0.410. The highest BCUT2D eigenvalue weighted by Gasteiger charge is 2.21. The number of rotatable bonds is 5. The fourth-order valence-electron chi connectivity index (χ4n) is 2.10. The molecule has 0 saturated heterocycles. The van der Waals surface area contributed by atoms with Gasteiger partial charge in [-0.05, 0) is 37.4 Å². The number of nitrogens with one attached hydrogen (secondary N) is 1. The highest BCUT2D eigenvalue weighted by atomic mass is 16.2. The molecule has 1 aliphatic carbocycles. The highest BCUT2D eigenvalue weighted by molar-refractivity contribution is 5.35. The van der Waals surface area contributed by atoms with Crippen LogP contribution in [0.5, 0.6) is 0 Å². The van der Waals surface area contributed by atoms with Gasteiger partial charge >= 0.3 is 5.69 Å². The largest absolute Gasteiger partial charge is 0.350 e. The van der Waals surface area contributed by atoms with Crippen LogP contribution in [0, 0.1) is 5.92 Å². The lowest BCUT2D eigenvalue weighted by Crippen LogP contribution is -2.30. The first kappa shape index (κ1) is 11.5. The molecule has 1 N–H and O–H groups in total. The van der Waals surface area contributed by atoms with Crippen LogP contribution < -0.4 is 11.0 Å². The number of pyridine rings is 1. The maximum atomic E-state index is 12.1. The number of hydrogen-bond acceptors (Lipinski definition) is 3. The molecule has 5 nitrogen and oxygen atoms in total. The van der Waals surface area contributed by atoms with Crippen molar-refractivity contribution in [3.63, 3.8) is 0 Å². The summed E-state index contributed by atoms with van der Waals surface area (Å²) in [5, 5.41) is 7.81. The Bertz CT molecular complexity index is 596. The summed E-state index contributed by atoms with van der Waals surface area (Å²) in [4.78, 5) is 12.1. The van der Waals surface area contributed by atoms with Crippen molar-refractivity contribution in [3.8, 4) is 0 Å². The van der Waals surface area contributed by atoms with E-state index in [-0.39, 0.29) is 5.69 Å². The van der Waals surface area contributed by atoms with Gasteiger partial charge in [0.25, 0.3) is 0 Å². The summed E-state index contributed by atoms with van der Waals surface area (Å²) in [6.45, 7) is 3.76. The van der Waals surface area contributed by atoms with E-state index in [1.165, 1.54) is 12.8 Å². The van der Waals surface area contributed by atoms with Crippen molar-refractivity contribution in [3.05, 3.63) is 34.9 Å². The predicted octanol–water partition coefficient (Wildman–Crippen LogP) is 0.884. The Labute approximate surface area is 105 Å². The topological polar surface area (TPSA) is 51.3 Å². The second-order valence-electron chi connectivity index (χ2n) is 5.18. The van der Waals surface area contributed by atoms with Crippen molar-refractivity contribution in [1.29, 1.82) is 0 Å². The average Bonchev–Trinajstić information content (AvgIpc) is 3.15. The highest BCUT2D eigenvalue weighted by Crippen LogP contribution is 2.18. The first-order chi connectivity index (χ1) is 8.74. The Balaban J connectivity index is 1.73. The quantitative estimate of drug-likeness (QED) is 0.852. The van der Waals surface area contributed by atoms with E-state index in [1.54, 1.807) is 15.3 Å². The summed E-state index contributed by atoms with van der Waals surface area (Å²) < 4.78 is 3.15. The Morgan fingerprint density at radius 1 is 1.50 bits per heavy atom. The van der Waals surface area contributed by atoms with Crippen LogP contribution in [0.25, 0.3) is 5.65 Å². The standard InChI is InChI=1S/C13H18N4O/c1-10(8-14-11-5-6-11)9-17-13(18)16-7-3-2-4-12(16)15-17/h2-4,7,10-11,14H,5-6,8-9H2,1H3. The fourth-order valence-corrected chi connectivity index (χ4v) is 2.10. The number of hydrogen-bond donors (Lipinski definition) is 1. The van der Waals surface area contributed by atoms with E-state index >= 15 is 0 Å². The van der Waals surface area contributed by atoms with Crippen LogP contribution in [0.4, 0.5) is 0 Å². The van der Waals surface area contributed by atoms with Gasteiger partial charge in [-0.3, -0.25) is 4.40 Å². The van der Waals surface area contributed by atoms with E-state index in [9.17, 15) is 4.79 Å². The van der Waals surface area contributed by atoms with E-state index < -0.39 is 0 Å². The van der Waals surface area contributed by atoms with Crippen LogP contribution >= 0.6 is 0 Å². The Morgan fingerprint density at radius 3 is 3.06 bits per heavy atom. The zero-order valence-corrected chi connectivity index (χ0v) is 10.5. The summed E-state index contributed by atoms with van der Waals surface area (Å²) in [6, 6.07) is 6.30. The monoisotopic (exact) mass is 246 g/mol. The molecule has 0 bridgehead atoms. The lowest BCUT2D eigenvalue weighted by molar-refractivity contribution is 0.414. The molecular weight excluding hydrogens is 228 g/mol. The van der Waals surface area contributed by atoms with Crippen molar-refractivity contribution in [2.75, 3.05) is 6.54 Å². The molecule has 3 rings (SSSR count). The molecule has 2 heterocycles. The molecule has 0 radical (unpaired) electrons. The number of nitrogens with zero attached hydrogens (tertiary/aromatic N) is 3. The molecule has 5 heteroatoms. The first-order valence-corrected chi connectivity index (χ1v) is 6.51. The summed E-state index contributed by atoms with van der Waals surface area (Å²) in [6.07, 6.45) is 4.34. The SMILES string of the molecule is CC(CNC1CC1)Cn1nc2ccccn2c1=O. The second kappa shape index (κ2) is 4.57. The molecule has 1 unspecified atom stereocenters. The minimum absolute atomic E-state index is 0.0520. The third-order valence-corrected chi connectivity index (χ3v) is 3.31. The van der Waals surface area contributed by atoms with E-state index in [0.717, 1.165) is 6.54 Å². The molecule has 1 aliphatic rings. The second-order valence-corrected chi connectivity index (χ2v) is 5.18. The normalized spacial score (nSPS) is 17.2. The van der Waals surface area contributed by atoms with Gasteiger partial charge in [0.15, 0.2) is 5.65 Å². The van der Waals surface area contributed by atoms with E-state index in [4.69, 9.17) is 0 Å². The minimum atomic E-state index is -0.0520. The number of fused-ring (bicyclic) bond motifs is 1.